The SMILES string of the molecule is COC(=O)c1cc(N)ccc1NCc1ccccc1C. The van der Waals surface area contributed by atoms with E-state index < -0.39 is 5.97 Å². The Labute approximate surface area is 118 Å². The summed E-state index contributed by atoms with van der Waals surface area (Å²) in [5, 5.41) is 3.26. The predicted octanol–water partition coefficient (Wildman–Crippen LogP) is 2.98. The number of rotatable bonds is 4. The van der Waals surface area contributed by atoms with Gasteiger partial charge in [-0.15, -0.1) is 0 Å². The smallest absolute Gasteiger partial charge is 0.340 e. The van der Waals surface area contributed by atoms with Gasteiger partial charge in [0.15, 0.2) is 0 Å². The van der Waals surface area contributed by atoms with Crippen molar-refractivity contribution in [1.82, 2.24) is 0 Å². The molecule has 0 saturated carbocycles. The van der Waals surface area contributed by atoms with Crippen molar-refractivity contribution in [2.75, 3.05) is 18.2 Å². The highest BCUT2D eigenvalue weighted by molar-refractivity contribution is 5.96. The van der Waals surface area contributed by atoms with Crippen LogP contribution in [0, 0.1) is 6.92 Å². The van der Waals surface area contributed by atoms with E-state index in [0.717, 1.165) is 0 Å². The number of nitrogens with two attached hydrogens (primary N) is 1. The quantitative estimate of drug-likeness (QED) is 0.662. The summed E-state index contributed by atoms with van der Waals surface area (Å²) in [6, 6.07) is 13.3. The molecule has 0 aliphatic heterocycles. The summed E-state index contributed by atoms with van der Waals surface area (Å²) in [6.45, 7) is 2.70. The van der Waals surface area contributed by atoms with Crippen molar-refractivity contribution in [3.63, 3.8) is 0 Å². The van der Waals surface area contributed by atoms with Gasteiger partial charge in [-0.25, -0.2) is 4.79 Å². The number of nitrogen functional groups attached to an aromatic ring is 1. The summed E-state index contributed by atoms with van der Waals surface area (Å²) in [4.78, 5) is 11.7. The molecule has 0 aromatic heterocycles. The van der Waals surface area contributed by atoms with Crippen molar-refractivity contribution >= 4 is 17.3 Å². The third-order valence-electron chi connectivity index (χ3n) is 3.18. The highest BCUT2D eigenvalue weighted by Gasteiger charge is 2.12. The number of carbonyl (C=O) groups is 1. The highest BCUT2D eigenvalue weighted by atomic mass is 16.5. The second-order valence-electron chi connectivity index (χ2n) is 4.58. The number of hydrogen-bond acceptors (Lipinski definition) is 4. The molecule has 0 aliphatic rings. The molecule has 0 saturated heterocycles. The van der Waals surface area contributed by atoms with Crippen LogP contribution in [0.5, 0.6) is 0 Å². The van der Waals surface area contributed by atoms with E-state index in [1.807, 2.05) is 12.1 Å². The fourth-order valence-corrected chi connectivity index (χ4v) is 1.99. The van der Waals surface area contributed by atoms with E-state index in [1.54, 1.807) is 18.2 Å². The lowest BCUT2D eigenvalue weighted by atomic mass is 10.1. The minimum Gasteiger partial charge on any atom is -0.465 e. The fraction of sp³-hybridized carbons (Fsp3) is 0.188. The van der Waals surface area contributed by atoms with Gasteiger partial charge >= 0.3 is 5.97 Å². The molecule has 0 spiro atoms. The molecular formula is C16H18N2O2. The van der Waals surface area contributed by atoms with Gasteiger partial charge in [0.2, 0.25) is 0 Å². The monoisotopic (exact) mass is 270 g/mol. The molecule has 0 bridgehead atoms. The van der Waals surface area contributed by atoms with E-state index in [2.05, 4.69) is 24.4 Å². The largest absolute Gasteiger partial charge is 0.465 e. The Morgan fingerprint density at radius 3 is 2.70 bits per heavy atom. The molecule has 0 heterocycles. The van der Waals surface area contributed by atoms with Crippen LogP contribution in [0.15, 0.2) is 42.5 Å². The van der Waals surface area contributed by atoms with E-state index in [0.29, 0.717) is 23.5 Å². The van der Waals surface area contributed by atoms with Crippen LogP contribution in [0.2, 0.25) is 0 Å². The first-order valence-electron chi connectivity index (χ1n) is 6.38. The molecule has 0 radical (unpaired) electrons. The molecular weight excluding hydrogens is 252 g/mol. The van der Waals surface area contributed by atoms with Crippen molar-refractivity contribution in [3.05, 3.63) is 59.2 Å². The third kappa shape index (κ3) is 3.09. The Morgan fingerprint density at radius 2 is 2.00 bits per heavy atom. The topological polar surface area (TPSA) is 64.3 Å². The molecule has 104 valence electrons. The van der Waals surface area contributed by atoms with Crippen molar-refractivity contribution < 1.29 is 9.53 Å². The number of benzene rings is 2. The average molecular weight is 270 g/mol. The van der Waals surface area contributed by atoms with Crippen LogP contribution in [-0.2, 0) is 11.3 Å². The lowest BCUT2D eigenvalue weighted by molar-refractivity contribution is 0.0602. The second-order valence-corrected chi connectivity index (χ2v) is 4.58. The number of hydrogen-bond donors (Lipinski definition) is 2. The number of nitrogens with one attached hydrogen (secondary N) is 1. The first kappa shape index (κ1) is 13.9. The number of esters is 1. The van der Waals surface area contributed by atoms with E-state index in [-0.39, 0.29) is 0 Å². The number of aryl methyl sites for hydroxylation is 1. The summed E-state index contributed by atoms with van der Waals surface area (Å²) in [5.41, 5.74) is 9.80. The van der Waals surface area contributed by atoms with Gasteiger partial charge in [0.05, 0.1) is 12.7 Å². The van der Waals surface area contributed by atoms with Gasteiger partial charge in [0.25, 0.3) is 0 Å². The first-order valence-corrected chi connectivity index (χ1v) is 6.38. The minimum atomic E-state index is -0.399. The number of methoxy groups -OCH3 is 1. The summed E-state index contributed by atoms with van der Waals surface area (Å²) in [7, 11) is 1.36. The molecule has 0 atom stereocenters. The lowest BCUT2D eigenvalue weighted by Crippen LogP contribution is -2.09. The minimum absolute atomic E-state index is 0.399. The predicted molar refractivity (Wildman–Crippen MR) is 80.7 cm³/mol. The third-order valence-corrected chi connectivity index (χ3v) is 3.18. The normalized spacial score (nSPS) is 10.1. The van der Waals surface area contributed by atoms with Gasteiger partial charge in [-0.2, -0.15) is 0 Å². The maximum absolute atomic E-state index is 11.7. The van der Waals surface area contributed by atoms with Crippen molar-refractivity contribution in [1.29, 1.82) is 0 Å². The molecule has 2 rings (SSSR count). The number of ether oxygens (including phenoxy) is 1. The summed E-state index contributed by atoms with van der Waals surface area (Å²) >= 11 is 0. The molecule has 0 amide bonds. The second kappa shape index (κ2) is 6.10. The van der Waals surface area contributed by atoms with E-state index in [9.17, 15) is 4.79 Å². The Morgan fingerprint density at radius 1 is 1.25 bits per heavy atom. The maximum Gasteiger partial charge on any atom is 0.340 e. The molecule has 0 unspecified atom stereocenters. The van der Waals surface area contributed by atoms with E-state index in [1.165, 1.54) is 18.2 Å². The summed E-state index contributed by atoms with van der Waals surface area (Å²) in [6.07, 6.45) is 0. The lowest BCUT2D eigenvalue weighted by Gasteiger charge is -2.12. The first-order chi connectivity index (χ1) is 9.61. The zero-order valence-corrected chi connectivity index (χ0v) is 11.6. The summed E-state index contributed by atoms with van der Waals surface area (Å²) in [5.74, 6) is -0.399. The van der Waals surface area contributed by atoms with Crippen LogP contribution in [0.1, 0.15) is 21.5 Å². The van der Waals surface area contributed by atoms with Crippen LogP contribution in [0.4, 0.5) is 11.4 Å². The molecule has 0 fully saturated rings. The van der Waals surface area contributed by atoms with E-state index >= 15 is 0 Å². The van der Waals surface area contributed by atoms with Gasteiger partial charge < -0.3 is 15.8 Å². The van der Waals surface area contributed by atoms with Crippen LogP contribution in [0.25, 0.3) is 0 Å². The van der Waals surface area contributed by atoms with Crippen molar-refractivity contribution in [3.8, 4) is 0 Å². The zero-order chi connectivity index (χ0) is 14.5. The fourth-order valence-electron chi connectivity index (χ4n) is 1.99. The summed E-state index contributed by atoms with van der Waals surface area (Å²) < 4.78 is 4.77. The number of anilines is 2. The van der Waals surface area contributed by atoms with Crippen LogP contribution < -0.4 is 11.1 Å². The Hall–Kier alpha value is -2.49. The van der Waals surface area contributed by atoms with E-state index in [4.69, 9.17) is 10.5 Å². The highest BCUT2D eigenvalue weighted by Crippen LogP contribution is 2.21. The average Bonchev–Trinajstić information content (AvgIpc) is 2.46. The zero-order valence-electron chi connectivity index (χ0n) is 11.6. The molecule has 0 aliphatic carbocycles. The number of carbonyl (C=O) groups excluding carboxylic acids is 1. The molecule has 20 heavy (non-hydrogen) atoms. The van der Waals surface area contributed by atoms with Crippen LogP contribution in [-0.4, -0.2) is 13.1 Å². The van der Waals surface area contributed by atoms with Crippen molar-refractivity contribution in [2.45, 2.75) is 13.5 Å². The maximum atomic E-state index is 11.7. The van der Waals surface area contributed by atoms with Crippen molar-refractivity contribution in [2.24, 2.45) is 0 Å². The van der Waals surface area contributed by atoms with Gasteiger partial charge in [-0.05, 0) is 36.2 Å². The Bertz CT molecular complexity index is 624. The Kier molecular flexibility index (Phi) is 4.25. The standard InChI is InChI=1S/C16H18N2O2/c1-11-5-3-4-6-12(11)10-18-15-8-7-13(17)9-14(15)16(19)20-2/h3-9,18H,10,17H2,1-2H3. The van der Waals surface area contributed by atoms with Gasteiger partial charge in [-0.3, -0.25) is 0 Å². The van der Waals surface area contributed by atoms with Crippen LogP contribution >= 0.6 is 0 Å². The Balaban J connectivity index is 2.21. The van der Waals surface area contributed by atoms with Crippen LogP contribution in [0.3, 0.4) is 0 Å². The molecule has 2 aromatic rings. The molecule has 3 N–H and O–H groups in total. The molecule has 4 nitrogen and oxygen atoms in total. The molecule has 4 heteroatoms. The molecule has 2 aromatic carbocycles. The van der Waals surface area contributed by atoms with Gasteiger partial charge in [-0.1, -0.05) is 24.3 Å². The van der Waals surface area contributed by atoms with Gasteiger partial charge in [0.1, 0.15) is 0 Å². The van der Waals surface area contributed by atoms with Gasteiger partial charge in [0, 0.05) is 17.9 Å².